The molecule has 0 unspecified atom stereocenters. The maximum atomic E-state index is 12.2. The molecular formula is C14H24N4O3S. The predicted molar refractivity (Wildman–Crippen MR) is 84.8 cm³/mol. The molecule has 1 fully saturated rings. The van der Waals surface area contributed by atoms with E-state index in [1.165, 1.54) is 4.31 Å². The molecule has 1 amide bonds. The zero-order valence-electron chi connectivity index (χ0n) is 13.2. The molecule has 0 radical (unpaired) electrons. The van der Waals surface area contributed by atoms with Crippen molar-refractivity contribution in [1.82, 2.24) is 14.1 Å². The second-order valence-electron chi connectivity index (χ2n) is 5.73. The number of piperidine rings is 1. The van der Waals surface area contributed by atoms with E-state index in [0.717, 1.165) is 6.42 Å². The molecule has 1 aliphatic heterocycles. The fourth-order valence-electron chi connectivity index (χ4n) is 2.58. The molecule has 124 valence electrons. The molecule has 0 aliphatic carbocycles. The summed E-state index contributed by atoms with van der Waals surface area (Å²) in [6.07, 6.45) is 6.02. The highest BCUT2D eigenvalue weighted by Crippen LogP contribution is 2.22. The van der Waals surface area contributed by atoms with Crippen molar-refractivity contribution in [3.8, 4) is 0 Å². The molecule has 0 aromatic carbocycles. The lowest BCUT2D eigenvalue weighted by Gasteiger charge is -2.30. The summed E-state index contributed by atoms with van der Waals surface area (Å²) in [5.74, 6) is 0.00667. The molecule has 1 aromatic heterocycles. The van der Waals surface area contributed by atoms with Gasteiger partial charge in [0.1, 0.15) is 0 Å². The molecule has 2 heterocycles. The summed E-state index contributed by atoms with van der Waals surface area (Å²) in [5, 5.41) is 6.83. The zero-order valence-corrected chi connectivity index (χ0v) is 14.0. The van der Waals surface area contributed by atoms with Crippen molar-refractivity contribution in [1.29, 1.82) is 0 Å². The summed E-state index contributed by atoms with van der Waals surface area (Å²) in [4.78, 5) is 12.2. The molecule has 0 spiro atoms. The molecule has 0 atom stereocenters. The van der Waals surface area contributed by atoms with Crippen LogP contribution in [0.1, 0.15) is 32.6 Å². The van der Waals surface area contributed by atoms with Gasteiger partial charge in [0.15, 0.2) is 0 Å². The van der Waals surface area contributed by atoms with Crippen molar-refractivity contribution in [3.05, 3.63) is 12.4 Å². The summed E-state index contributed by atoms with van der Waals surface area (Å²) in [6, 6.07) is 0. The number of aromatic nitrogens is 2. The Morgan fingerprint density at radius 1 is 1.41 bits per heavy atom. The average molecular weight is 328 g/mol. The van der Waals surface area contributed by atoms with Crippen molar-refractivity contribution in [3.63, 3.8) is 0 Å². The minimum atomic E-state index is -3.16. The summed E-state index contributed by atoms with van der Waals surface area (Å²) in [6.45, 7) is 2.83. The average Bonchev–Trinajstić information content (AvgIpc) is 2.90. The molecule has 1 saturated heterocycles. The van der Waals surface area contributed by atoms with Gasteiger partial charge in [0.25, 0.3) is 0 Å². The molecule has 8 heteroatoms. The molecule has 1 aliphatic rings. The quantitative estimate of drug-likeness (QED) is 0.850. The Kier molecular flexibility index (Phi) is 5.57. The Labute approximate surface area is 131 Å². The fourth-order valence-corrected chi connectivity index (χ4v) is 4.26. The largest absolute Gasteiger partial charge is 0.323 e. The van der Waals surface area contributed by atoms with Crippen molar-refractivity contribution in [2.75, 3.05) is 24.2 Å². The molecule has 7 nitrogen and oxygen atoms in total. The van der Waals surface area contributed by atoms with Gasteiger partial charge in [-0.25, -0.2) is 12.7 Å². The highest BCUT2D eigenvalue weighted by Gasteiger charge is 2.30. The number of amides is 1. The second kappa shape index (κ2) is 7.23. The lowest BCUT2D eigenvalue weighted by atomic mass is 9.97. The number of sulfonamides is 1. The van der Waals surface area contributed by atoms with Crippen LogP contribution in [0.15, 0.2) is 12.4 Å². The first kappa shape index (κ1) is 17.0. The number of anilines is 1. The fraction of sp³-hybridized carbons (Fsp3) is 0.714. The Hall–Kier alpha value is -1.41. The van der Waals surface area contributed by atoms with E-state index in [4.69, 9.17) is 0 Å². The van der Waals surface area contributed by atoms with Gasteiger partial charge in [0.05, 0.1) is 17.6 Å². The number of aryl methyl sites for hydroxylation is 1. The van der Waals surface area contributed by atoms with Gasteiger partial charge in [-0.2, -0.15) is 5.10 Å². The van der Waals surface area contributed by atoms with Crippen molar-refractivity contribution < 1.29 is 13.2 Å². The van der Waals surface area contributed by atoms with Crippen molar-refractivity contribution in [2.24, 2.45) is 13.0 Å². The number of carbonyl (C=O) groups is 1. The van der Waals surface area contributed by atoms with E-state index >= 15 is 0 Å². The van der Waals surface area contributed by atoms with Crippen LogP contribution in [-0.2, 0) is 21.9 Å². The number of hydrogen-bond acceptors (Lipinski definition) is 4. The zero-order chi connectivity index (χ0) is 16.2. The van der Waals surface area contributed by atoms with Crippen LogP contribution in [0.2, 0.25) is 0 Å². The third-order valence-electron chi connectivity index (χ3n) is 3.95. The third-order valence-corrected chi connectivity index (χ3v) is 5.90. The summed E-state index contributed by atoms with van der Waals surface area (Å²) < 4.78 is 27.4. The number of nitrogens with zero attached hydrogens (tertiary/aromatic N) is 3. The van der Waals surface area contributed by atoms with Crippen LogP contribution in [0.5, 0.6) is 0 Å². The molecule has 1 aromatic rings. The number of unbranched alkanes of at least 4 members (excludes halogenated alkanes) is 1. The summed E-state index contributed by atoms with van der Waals surface area (Å²) in [7, 11) is -1.37. The minimum Gasteiger partial charge on any atom is -0.323 e. The van der Waals surface area contributed by atoms with Gasteiger partial charge in [-0.3, -0.25) is 9.48 Å². The number of hydrogen-bond donors (Lipinski definition) is 1. The first-order valence-corrected chi connectivity index (χ1v) is 9.30. The maximum Gasteiger partial charge on any atom is 0.227 e. The predicted octanol–water partition coefficient (Wildman–Crippen LogP) is 1.20. The van der Waals surface area contributed by atoms with E-state index in [9.17, 15) is 13.2 Å². The van der Waals surface area contributed by atoms with E-state index in [-0.39, 0.29) is 17.6 Å². The number of rotatable bonds is 6. The Bertz CT molecular complexity index is 603. The summed E-state index contributed by atoms with van der Waals surface area (Å²) in [5.41, 5.74) is 0.672. The normalized spacial score (nSPS) is 17.5. The van der Waals surface area contributed by atoms with Crippen molar-refractivity contribution in [2.45, 2.75) is 32.6 Å². The lowest BCUT2D eigenvalue weighted by Crippen LogP contribution is -2.42. The minimum absolute atomic E-state index is 0.0568. The second-order valence-corrected chi connectivity index (χ2v) is 7.82. The summed E-state index contributed by atoms with van der Waals surface area (Å²) >= 11 is 0. The van der Waals surface area contributed by atoms with Crippen LogP contribution >= 0.6 is 0 Å². The van der Waals surface area contributed by atoms with Gasteiger partial charge in [0.2, 0.25) is 15.9 Å². The van der Waals surface area contributed by atoms with Gasteiger partial charge >= 0.3 is 0 Å². The van der Waals surface area contributed by atoms with Gasteiger partial charge in [-0.15, -0.1) is 0 Å². The smallest absolute Gasteiger partial charge is 0.227 e. The van der Waals surface area contributed by atoms with Gasteiger partial charge in [-0.1, -0.05) is 13.3 Å². The lowest BCUT2D eigenvalue weighted by molar-refractivity contribution is -0.120. The highest BCUT2D eigenvalue weighted by atomic mass is 32.2. The Morgan fingerprint density at radius 3 is 2.64 bits per heavy atom. The van der Waals surface area contributed by atoms with E-state index in [1.54, 1.807) is 24.1 Å². The van der Waals surface area contributed by atoms with Crippen LogP contribution in [0.4, 0.5) is 5.69 Å². The maximum absolute atomic E-state index is 12.2. The van der Waals surface area contributed by atoms with E-state index in [0.29, 0.717) is 38.0 Å². The van der Waals surface area contributed by atoms with E-state index < -0.39 is 10.0 Å². The van der Waals surface area contributed by atoms with Crippen LogP contribution in [0.25, 0.3) is 0 Å². The molecule has 0 bridgehead atoms. The monoisotopic (exact) mass is 328 g/mol. The molecule has 0 saturated carbocycles. The van der Waals surface area contributed by atoms with Gasteiger partial charge in [0, 0.05) is 32.3 Å². The first-order valence-electron chi connectivity index (χ1n) is 7.69. The van der Waals surface area contributed by atoms with Crippen molar-refractivity contribution >= 4 is 21.6 Å². The van der Waals surface area contributed by atoms with E-state index in [2.05, 4.69) is 10.4 Å². The van der Waals surface area contributed by atoms with Gasteiger partial charge < -0.3 is 5.32 Å². The Balaban J connectivity index is 1.85. The first-order chi connectivity index (χ1) is 10.4. The number of carbonyl (C=O) groups excluding carboxylic acids is 1. The van der Waals surface area contributed by atoms with E-state index in [1.807, 2.05) is 6.92 Å². The van der Waals surface area contributed by atoms with Crippen LogP contribution in [0, 0.1) is 5.92 Å². The number of nitrogens with one attached hydrogen (secondary N) is 1. The SMILES string of the molecule is CCCCS(=O)(=O)N1CCC(C(=O)Nc2cnn(C)c2)CC1. The molecule has 22 heavy (non-hydrogen) atoms. The van der Waals surface area contributed by atoms with Crippen LogP contribution < -0.4 is 5.32 Å². The molecule has 2 rings (SSSR count). The topological polar surface area (TPSA) is 84.3 Å². The third kappa shape index (κ3) is 4.30. The van der Waals surface area contributed by atoms with Gasteiger partial charge in [-0.05, 0) is 19.3 Å². The highest BCUT2D eigenvalue weighted by molar-refractivity contribution is 7.89. The molecular weight excluding hydrogens is 304 g/mol. The van der Waals surface area contributed by atoms with Crippen LogP contribution in [0.3, 0.4) is 0 Å². The Morgan fingerprint density at radius 2 is 2.09 bits per heavy atom. The van der Waals surface area contributed by atoms with Crippen LogP contribution in [-0.4, -0.2) is 47.3 Å². The standard InChI is InChI=1S/C14H24N4O3S/c1-3-4-9-22(20,21)18-7-5-12(6-8-18)14(19)16-13-10-15-17(2)11-13/h10-12H,3-9H2,1-2H3,(H,16,19). The molecule has 1 N–H and O–H groups in total.